The first-order valence-electron chi connectivity index (χ1n) is 3.92. The third-order valence-electron chi connectivity index (χ3n) is 1.69. The largest absolute Gasteiger partial charge is 0.345 e. The first-order valence-corrected chi connectivity index (χ1v) is 3.92. The molecule has 0 aliphatic carbocycles. The lowest BCUT2D eigenvalue weighted by molar-refractivity contribution is -0.963. The monoisotopic (exact) mass is 162 g/mol. The van der Waals surface area contributed by atoms with Gasteiger partial charge in [-0.3, -0.25) is 0 Å². The highest BCUT2D eigenvalue weighted by Crippen LogP contribution is 1.71. The number of quaternary nitrogens is 1. The molecule has 0 aromatic carbocycles. The Morgan fingerprint density at radius 1 is 1.36 bits per heavy atom. The van der Waals surface area contributed by atoms with Crippen LogP contribution in [0.25, 0.3) is 0 Å². The number of hydrogen-bond donors (Lipinski definition) is 2. The van der Waals surface area contributed by atoms with Gasteiger partial charge in [-0.05, 0) is 20.8 Å². The van der Waals surface area contributed by atoms with E-state index in [0.29, 0.717) is 6.04 Å². The van der Waals surface area contributed by atoms with Gasteiger partial charge in [0, 0.05) is 6.92 Å². The van der Waals surface area contributed by atoms with Gasteiger partial charge < -0.3 is 14.8 Å². The van der Waals surface area contributed by atoms with Gasteiger partial charge in [0.25, 0.3) is 0 Å². The molecule has 0 spiro atoms. The van der Waals surface area contributed by atoms with Crippen molar-refractivity contribution in [3.05, 3.63) is 0 Å². The Balaban J connectivity index is 0. The summed E-state index contributed by atoms with van der Waals surface area (Å²) in [6, 6.07) is 0.523. The van der Waals surface area contributed by atoms with Crippen molar-refractivity contribution in [2.45, 2.75) is 40.0 Å². The molecule has 0 amide bonds. The van der Waals surface area contributed by atoms with E-state index in [-0.39, 0.29) is 6.23 Å². The van der Waals surface area contributed by atoms with E-state index < -0.39 is 0 Å². The molecule has 0 fully saturated rings. The molecule has 0 aromatic heterocycles. The van der Waals surface area contributed by atoms with Crippen molar-refractivity contribution in [2.75, 3.05) is 6.54 Å². The molecule has 3 heteroatoms. The highest BCUT2D eigenvalue weighted by molar-refractivity contribution is 5.10. The molecule has 0 radical (unpaired) electrons. The fraction of sp³-hybridized carbons (Fsp3) is 0.875. The quantitative estimate of drug-likeness (QED) is 0.547. The molecule has 3 nitrogen and oxygen atoms in total. The fourth-order valence-electron chi connectivity index (χ4n) is 1.19. The van der Waals surface area contributed by atoms with Crippen LogP contribution in [-0.2, 0) is 4.79 Å². The Kier molecular flexibility index (Phi) is 9.23. The summed E-state index contributed by atoms with van der Waals surface area (Å²) in [7, 11) is 0. The summed E-state index contributed by atoms with van der Waals surface area (Å²) in [4.78, 5) is 9.25. The second-order valence-corrected chi connectivity index (χ2v) is 2.76. The molecule has 0 saturated carbocycles. The summed E-state index contributed by atoms with van der Waals surface area (Å²) in [6.07, 6.45) is -0.227. The van der Waals surface area contributed by atoms with Gasteiger partial charge in [0.05, 0.1) is 12.6 Å². The van der Waals surface area contributed by atoms with E-state index in [1.165, 1.54) is 4.90 Å². The zero-order chi connectivity index (χ0) is 9.44. The smallest absolute Gasteiger partial charge is 0.186 e. The Hall–Kier alpha value is -0.410. The topological polar surface area (TPSA) is 41.7 Å². The molecule has 0 aromatic rings. The van der Waals surface area contributed by atoms with Crippen molar-refractivity contribution in [2.24, 2.45) is 0 Å². The normalized spacial score (nSPS) is 15.1. The molecule has 2 atom stereocenters. The average molecular weight is 162 g/mol. The Morgan fingerprint density at radius 3 is 1.73 bits per heavy atom. The van der Waals surface area contributed by atoms with E-state index in [2.05, 4.69) is 20.8 Å². The Bertz CT molecular complexity index is 76.2. The molecule has 0 saturated heterocycles. The lowest BCUT2D eigenvalue weighted by Crippen LogP contribution is -3.18. The molecule has 68 valence electrons. The summed E-state index contributed by atoms with van der Waals surface area (Å²) < 4.78 is 0. The maximum Gasteiger partial charge on any atom is 0.186 e. The Labute approximate surface area is 69.0 Å². The standard InChI is InChI=1S/C7H17NO.CH2O/c1-5-8(6(2)3)7(4)9;1-2/h6-7,9H,5H2,1-4H3;1H2/p+1. The third-order valence-corrected chi connectivity index (χ3v) is 1.69. The van der Waals surface area contributed by atoms with E-state index in [1.54, 1.807) is 0 Å². The summed E-state index contributed by atoms with van der Waals surface area (Å²) in [5, 5.41) is 9.15. The number of aliphatic hydroxyl groups excluding tert-OH is 1. The molecule has 0 bridgehead atoms. The molecule has 0 rings (SSSR count). The summed E-state index contributed by atoms with van der Waals surface area (Å²) in [5.74, 6) is 0. The van der Waals surface area contributed by atoms with E-state index >= 15 is 0 Å². The van der Waals surface area contributed by atoms with Crippen molar-refractivity contribution in [3.8, 4) is 0 Å². The average Bonchev–Trinajstić information content (AvgIpc) is 1.91. The predicted octanol–water partition coefficient (Wildman–Crippen LogP) is -0.547. The number of carbonyl (C=O) groups is 1. The highest BCUT2D eigenvalue weighted by atomic mass is 16.3. The van der Waals surface area contributed by atoms with E-state index in [9.17, 15) is 0 Å². The van der Waals surface area contributed by atoms with Crippen molar-refractivity contribution < 1.29 is 14.8 Å². The van der Waals surface area contributed by atoms with Gasteiger partial charge in [-0.25, -0.2) is 0 Å². The van der Waals surface area contributed by atoms with Crippen LogP contribution in [0.3, 0.4) is 0 Å². The van der Waals surface area contributed by atoms with Gasteiger partial charge in [0.1, 0.15) is 6.79 Å². The maximum absolute atomic E-state index is 9.15. The molecule has 11 heavy (non-hydrogen) atoms. The minimum Gasteiger partial charge on any atom is -0.345 e. The molecule has 2 N–H and O–H groups in total. The van der Waals surface area contributed by atoms with Crippen LogP contribution >= 0.6 is 0 Å². The van der Waals surface area contributed by atoms with Crippen LogP contribution in [0.15, 0.2) is 0 Å². The van der Waals surface area contributed by atoms with Crippen molar-refractivity contribution in [3.63, 3.8) is 0 Å². The van der Waals surface area contributed by atoms with Gasteiger partial charge in [-0.15, -0.1) is 0 Å². The molecular formula is C8H20NO2+. The highest BCUT2D eigenvalue weighted by Gasteiger charge is 2.14. The molecule has 2 unspecified atom stereocenters. The van der Waals surface area contributed by atoms with Gasteiger partial charge in [-0.1, -0.05) is 0 Å². The van der Waals surface area contributed by atoms with Crippen LogP contribution in [0.2, 0.25) is 0 Å². The van der Waals surface area contributed by atoms with Gasteiger partial charge >= 0.3 is 0 Å². The lowest BCUT2D eigenvalue weighted by atomic mass is 10.3. The number of hydrogen-bond acceptors (Lipinski definition) is 2. The van der Waals surface area contributed by atoms with E-state index in [1.807, 2.05) is 13.7 Å². The second-order valence-electron chi connectivity index (χ2n) is 2.76. The summed E-state index contributed by atoms with van der Waals surface area (Å²) >= 11 is 0. The SMILES string of the molecule is C=O.CC[NH+](C(C)C)C(C)O. The zero-order valence-corrected chi connectivity index (χ0v) is 7.92. The predicted molar refractivity (Wildman–Crippen MR) is 45.4 cm³/mol. The fourth-order valence-corrected chi connectivity index (χ4v) is 1.19. The minimum atomic E-state index is -0.227. The van der Waals surface area contributed by atoms with Gasteiger partial charge in [0.15, 0.2) is 6.23 Å². The third kappa shape index (κ3) is 6.01. The van der Waals surface area contributed by atoms with Crippen molar-refractivity contribution in [1.29, 1.82) is 0 Å². The molecule has 0 heterocycles. The molecule has 0 aliphatic rings. The van der Waals surface area contributed by atoms with Crippen LogP contribution in [0.5, 0.6) is 0 Å². The van der Waals surface area contributed by atoms with Crippen LogP contribution in [0.4, 0.5) is 0 Å². The number of nitrogens with one attached hydrogen (secondary N) is 1. The summed E-state index contributed by atoms with van der Waals surface area (Å²) in [5.41, 5.74) is 0. The van der Waals surface area contributed by atoms with Crippen LogP contribution < -0.4 is 4.90 Å². The molecule has 0 aliphatic heterocycles. The first-order chi connectivity index (χ1) is 5.09. The molecular weight excluding hydrogens is 142 g/mol. The van der Waals surface area contributed by atoms with E-state index in [0.717, 1.165) is 6.54 Å². The van der Waals surface area contributed by atoms with Crippen molar-refractivity contribution in [1.82, 2.24) is 0 Å². The number of aliphatic hydroxyl groups is 1. The Morgan fingerprint density at radius 2 is 1.73 bits per heavy atom. The van der Waals surface area contributed by atoms with Gasteiger partial charge in [-0.2, -0.15) is 0 Å². The summed E-state index contributed by atoms with van der Waals surface area (Å²) in [6.45, 7) is 11.1. The number of rotatable bonds is 3. The minimum absolute atomic E-state index is 0.227. The van der Waals surface area contributed by atoms with Crippen LogP contribution in [0.1, 0.15) is 27.7 Å². The van der Waals surface area contributed by atoms with Crippen LogP contribution in [-0.4, -0.2) is 30.7 Å². The van der Waals surface area contributed by atoms with E-state index in [4.69, 9.17) is 9.90 Å². The van der Waals surface area contributed by atoms with Crippen molar-refractivity contribution >= 4 is 6.79 Å². The number of carbonyl (C=O) groups excluding carboxylic acids is 1. The first kappa shape index (κ1) is 13.2. The zero-order valence-electron chi connectivity index (χ0n) is 7.92. The second kappa shape index (κ2) is 7.69. The van der Waals surface area contributed by atoms with Gasteiger partial charge in [0.2, 0.25) is 0 Å². The lowest BCUT2D eigenvalue weighted by Gasteiger charge is -2.24. The maximum atomic E-state index is 9.15. The van der Waals surface area contributed by atoms with Crippen LogP contribution in [0, 0.1) is 0 Å².